The van der Waals surface area contributed by atoms with E-state index in [0.717, 1.165) is 43.2 Å². The standard InChI is InChI=1S/C32H34ClN3O3S/c1-2-19-34-31(38)29-26(21-15-17-23(33)18-16-21)27(30(37)25-14-9-20-40-25)28(22-10-5-3-6-11-22)36(29)32(39)35-24-12-7-4-8-13-24/h2-3,5-6,9-11,14-18,20,24,26-29H,1,4,7-8,12-13,19H2,(H,34,38)(H,35,39). The summed E-state index contributed by atoms with van der Waals surface area (Å²) in [5.74, 6) is -1.70. The quantitative estimate of drug-likeness (QED) is 0.230. The molecule has 6 nitrogen and oxygen atoms in total. The highest BCUT2D eigenvalue weighted by Gasteiger charge is 2.57. The molecule has 208 valence electrons. The number of hydrogen-bond acceptors (Lipinski definition) is 4. The van der Waals surface area contributed by atoms with E-state index < -0.39 is 23.9 Å². The fourth-order valence-electron chi connectivity index (χ4n) is 6.21. The number of nitrogens with one attached hydrogen (secondary N) is 2. The fourth-order valence-corrected chi connectivity index (χ4v) is 7.05. The maximum absolute atomic E-state index is 14.4. The number of rotatable bonds is 8. The SMILES string of the molecule is C=CCNC(=O)C1C(c2ccc(Cl)cc2)C(C(=O)c2cccs2)C(c2ccccc2)N1C(=O)NC1CCCCC1. The van der Waals surface area contributed by atoms with Gasteiger partial charge in [0.1, 0.15) is 6.04 Å². The molecule has 0 bridgehead atoms. The van der Waals surface area contributed by atoms with Crippen molar-refractivity contribution in [1.82, 2.24) is 15.5 Å². The van der Waals surface area contributed by atoms with E-state index in [1.165, 1.54) is 11.3 Å². The van der Waals surface area contributed by atoms with Crippen molar-refractivity contribution >= 4 is 40.7 Å². The van der Waals surface area contributed by atoms with Crippen LogP contribution < -0.4 is 10.6 Å². The van der Waals surface area contributed by atoms with E-state index in [0.29, 0.717) is 9.90 Å². The first-order chi connectivity index (χ1) is 19.5. The third-order valence-corrected chi connectivity index (χ3v) is 9.12. The first-order valence-electron chi connectivity index (χ1n) is 13.8. The van der Waals surface area contributed by atoms with Crippen LogP contribution in [-0.4, -0.2) is 41.2 Å². The molecule has 40 heavy (non-hydrogen) atoms. The molecule has 2 aliphatic rings. The summed E-state index contributed by atoms with van der Waals surface area (Å²) in [6.45, 7) is 3.99. The Bertz CT molecular complexity index is 1320. The van der Waals surface area contributed by atoms with Crippen molar-refractivity contribution in [2.75, 3.05) is 6.54 Å². The maximum Gasteiger partial charge on any atom is 0.318 e. The average molecular weight is 576 g/mol. The highest BCUT2D eigenvalue weighted by atomic mass is 35.5. The molecule has 1 saturated carbocycles. The van der Waals surface area contributed by atoms with Crippen LogP contribution in [0.25, 0.3) is 0 Å². The second kappa shape index (κ2) is 12.8. The largest absolute Gasteiger partial charge is 0.351 e. The first kappa shape index (κ1) is 28.1. The minimum Gasteiger partial charge on any atom is -0.351 e. The van der Waals surface area contributed by atoms with Crippen LogP contribution in [-0.2, 0) is 4.79 Å². The van der Waals surface area contributed by atoms with Crippen molar-refractivity contribution in [1.29, 1.82) is 0 Å². The smallest absolute Gasteiger partial charge is 0.318 e. The zero-order valence-corrected chi connectivity index (χ0v) is 23.9. The Labute approximate surface area is 244 Å². The average Bonchev–Trinajstić information content (AvgIpc) is 3.64. The van der Waals surface area contributed by atoms with Crippen LogP contribution in [0.5, 0.6) is 0 Å². The van der Waals surface area contributed by atoms with E-state index in [1.54, 1.807) is 23.1 Å². The van der Waals surface area contributed by atoms with E-state index in [4.69, 9.17) is 11.6 Å². The number of Topliss-reactive ketones (excluding diaryl/α,β-unsaturated/α-hetero) is 1. The van der Waals surface area contributed by atoms with E-state index >= 15 is 0 Å². The molecule has 1 aliphatic heterocycles. The predicted molar refractivity (Wildman–Crippen MR) is 160 cm³/mol. The molecule has 2 heterocycles. The summed E-state index contributed by atoms with van der Waals surface area (Å²) in [7, 11) is 0. The molecule has 2 N–H and O–H groups in total. The molecule has 1 aliphatic carbocycles. The van der Waals surface area contributed by atoms with Gasteiger partial charge >= 0.3 is 6.03 Å². The fraction of sp³-hybridized carbons (Fsp3) is 0.344. The minimum absolute atomic E-state index is 0.0376. The number of thiophene rings is 1. The van der Waals surface area contributed by atoms with Crippen LogP contribution in [0.1, 0.15) is 64.9 Å². The number of carbonyl (C=O) groups is 3. The van der Waals surface area contributed by atoms with Crippen molar-refractivity contribution in [3.8, 4) is 0 Å². The van der Waals surface area contributed by atoms with Gasteiger partial charge in [0.05, 0.1) is 16.8 Å². The normalized spacial score (nSPS) is 23.0. The molecule has 5 rings (SSSR count). The molecule has 8 heteroatoms. The van der Waals surface area contributed by atoms with Crippen molar-refractivity contribution in [3.63, 3.8) is 0 Å². The summed E-state index contributed by atoms with van der Waals surface area (Å²) in [5, 5.41) is 8.59. The Balaban J connectivity index is 1.68. The lowest BCUT2D eigenvalue weighted by Gasteiger charge is -2.34. The zero-order chi connectivity index (χ0) is 28.1. The van der Waals surface area contributed by atoms with E-state index in [1.807, 2.05) is 60.0 Å². The number of carbonyl (C=O) groups excluding carboxylic acids is 3. The van der Waals surface area contributed by atoms with Gasteiger partial charge < -0.3 is 15.5 Å². The van der Waals surface area contributed by atoms with Gasteiger partial charge in [0, 0.05) is 23.5 Å². The van der Waals surface area contributed by atoms with Crippen molar-refractivity contribution in [3.05, 3.63) is 106 Å². The molecule has 3 amide bonds. The summed E-state index contributed by atoms with van der Waals surface area (Å²) in [6.07, 6.45) is 6.69. The van der Waals surface area contributed by atoms with Gasteiger partial charge in [0.15, 0.2) is 5.78 Å². The van der Waals surface area contributed by atoms with Crippen LogP contribution in [0.3, 0.4) is 0 Å². The van der Waals surface area contributed by atoms with Crippen LogP contribution >= 0.6 is 22.9 Å². The summed E-state index contributed by atoms with van der Waals surface area (Å²) in [5.41, 5.74) is 1.60. The Kier molecular flexibility index (Phi) is 9.02. The Morgan fingerprint density at radius 1 is 0.950 bits per heavy atom. The topological polar surface area (TPSA) is 78.5 Å². The summed E-state index contributed by atoms with van der Waals surface area (Å²) >= 11 is 7.62. The number of halogens is 1. The number of ketones is 1. The van der Waals surface area contributed by atoms with E-state index in [9.17, 15) is 14.4 Å². The summed E-state index contributed by atoms with van der Waals surface area (Å²) in [4.78, 5) is 44.8. The second-order valence-corrected chi connectivity index (χ2v) is 11.9. The van der Waals surface area contributed by atoms with Crippen LogP contribution in [0, 0.1) is 5.92 Å². The van der Waals surface area contributed by atoms with Gasteiger partial charge in [-0.3, -0.25) is 9.59 Å². The molecule has 1 saturated heterocycles. The Hall–Kier alpha value is -3.42. The minimum atomic E-state index is -0.927. The highest BCUT2D eigenvalue weighted by Crippen LogP contribution is 2.51. The van der Waals surface area contributed by atoms with Gasteiger partial charge in [-0.25, -0.2) is 4.79 Å². The molecule has 2 aromatic carbocycles. The third-order valence-electron chi connectivity index (χ3n) is 7.99. The van der Waals surface area contributed by atoms with E-state index in [-0.39, 0.29) is 30.3 Å². The van der Waals surface area contributed by atoms with Crippen LogP contribution in [0.15, 0.2) is 84.8 Å². The molecule has 0 spiro atoms. The van der Waals surface area contributed by atoms with Crippen molar-refractivity contribution in [2.45, 2.75) is 56.1 Å². The van der Waals surface area contributed by atoms with E-state index in [2.05, 4.69) is 17.2 Å². The number of urea groups is 1. The molecule has 0 radical (unpaired) electrons. The molecule has 3 aromatic rings. The van der Waals surface area contributed by atoms with Crippen LogP contribution in [0.4, 0.5) is 4.79 Å². The zero-order valence-electron chi connectivity index (χ0n) is 22.3. The number of amides is 3. The highest BCUT2D eigenvalue weighted by molar-refractivity contribution is 7.12. The summed E-state index contributed by atoms with van der Waals surface area (Å²) < 4.78 is 0. The van der Waals surface area contributed by atoms with Crippen LogP contribution in [0.2, 0.25) is 5.02 Å². The Morgan fingerprint density at radius 2 is 1.68 bits per heavy atom. The molecular weight excluding hydrogens is 542 g/mol. The first-order valence-corrected chi connectivity index (χ1v) is 15.1. The second-order valence-electron chi connectivity index (χ2n) is 10.5. The van der Waals surface area contributed by atoms with Gasteiger partial charge in [-0.2, -0.15) is 0 Å². The lowest BCUT2D eigenvalue weighted by molar-refractivity contribution is -0.125. The monoisotopic (exact) mass is 575 g/mol. The van der Waals surface area contributed by atoms with Gasteiger partial charge in [-0.1, -0.05) is 85.5 Å². The maximum atomic E-state index is 14.4. The number of hydrogen-bond donors (Lipinski definition) is 2. The van der Waals surface area contributed by atoms with Gasteiger partial charge in [-0.05, 0) is 47.5 Å². The third kappa shape index (κ3) is 5.86. The van der Waals surface area contributed by atoms with Gasteiger partial charge in [0.25, 0.3) is 0 Å². The summed E-state index contributed by atoms with van der Waals surface area (Å²) in [6, 6.07) is 18.6. The molecule has 4 atom stereocenters. The molecule has 4 unspecified atom stereocenters. The predicted octanol–water partition coefficient (Wildman–Crippen LogP) is 6.75. The number of benzene rings is 2. The van der Waals surface area contributed by atoms with Gasteiger partial charge in [0.2, 0.25) is 5.91 Å². The van der Waals surface area contributed by atoms with Gasteiger partial charge in [-0.15, -0.1) is 17.9 Å². The lowest BCUT2D eigenvalue weighted by Crippen LogP contribution is -2.53. The van der Waals surface area contributed by atoms with Crippen molar-refractivity contribution < 1.29 is 14.4 Å². The number of likely N-dealkylation sites (tertiary alicyclic amines) is 1. The van der Waals surface area contributed by atoms with Crippen molar-refractivity contribution in [2.24, 2.45) is 5.92 Å². The Morgan fingerprint density at radius 3 is 2.33 bits per heavy atom. The molecule has 1 aromatic heterocycles. The lowest BCUT2D eigenvalue weighted by atomic mass is 9.77. The number of nitrogens with zero attached hydrogens (tertiary/aromatic N) is 1. The molecular formula is C32H34ClN3O3S. The molecule has 2 fully saturated rings.